The predicted octanol–water partition coefficient (Wildman–Crippen LogP) is 0.0185. The van der Waals surface area contributed by atoms with Crippen molar-refractivity contribution in [3.63, 3.8) is 0 Å². The highest BCUT2D eigenvalue weighted by Crippen LogP contribution is 2.23. The van der Waals surface area contributed by atoms with E-state index in [0.29, 0.717) is 12.6 Å². The summed E-state index contributed by atoms with van der Waals surface area (Å²) in [5, 5.41) is 2.51. The number of nitrogens with two attached hydrogens (primary N) is 1. The highest BCUT2D eigenvalue weighted by molar-refractivity contribution is 5.85. The van der Waals surface area contributed by atoms with Crippen molar-refractivity contribution in [2.24, 2.45) is 5.73 Å². The Kier molecular flexibility index (Phi) is 5.69. The van der Waals surface area contributed by atoms with Crippen LogP contribution in [0.25, 0.3) is 0 Å². The Bertz CT molecular complexity index is 285. The van der Waals surface area contributed by atoms with Gasteiger partial charge in [-0.25, -0.2) is 0 Å². The summed E-state index contributed by atoms with van der Waals surface area (Å²) in [5.74, 6) is -0.359. The Morgan fingerprint density at radius 2 is 2.06 bits per heavy atom. The third-order valence-electron chi connectivity index (χ3n) is 3.03. The number of amides is 2. The summed E-state index contributed by atoms with van der Waals surface area (Å²) >= 11 is 0. The minimum absolute atomic E-state index is 0.0281. The lowest BCUT2D eigenvalue weighted by atomic mass is 10.2. The molecule has 1 aliphatic carbocycles. The zero-order valence-electron chi connectivity index (χ0n) is 10.2. The van der Waals surface area contributed by atoms with E-state index in [1.54, 1.807) is 11.0 Å². The Labute approximate surface area is 102 Å². The maximum absolute atomic E-state index is 12.0. The summed E-state index contributed by atoms with van der Waals surface area (Å²) in [4.78, 5) is 24.8. The molecule has 0 atom stereocenters. The maximum Gasteiger partial charge on any atom is 0.242 e. The van der Waals surface area contributed by atoms with E-state index in [4.69, 9.17) is 5.73 Å². The van der Waals surface area contributed by atoms with Gasteiger partial charge in [-0.05, 0) is 12.8 Å². The third kappa shape index (κ3) is 4.19. The van der Waals surface area contributed by atoms with Crippen LogP contribution in [0, 0.1) is 0 Å². The first-order valence-electron chi connectivity index (χ1n) is 6.06. The molecule has 0 aromatic rings. The van der Waals surface area contributed by atoms with E-state index in [-0.39, 0.29) is 24.9 Å². The summed E-state index contributed by atoms with van der Waals surface area (Å²) in [6.07, 6.45) is 6.15. The Morgan fingerprint density at radius 1 is 1.41 bits per heavy atom. The van der Waals surface area contributed by atoms with E-state index >= 15 is 0 Å². The van der Waals surface area contributed by atoms with Crippen LogP contribution in [0.5, 0.6) is 0 Å². The van der Waals surface area contributed by atoms with Gasteiger partial charge in [0.05, 0.1) is 13.1 Å². The molecule has 96 valence electrons. The molecule has 0 aromatic heterocycles. The minimum Gasteiger partial charge on any atom is -0.346 e. The van der Waals surface area contributed by atoms with Crippen LogP contribution in [0.4, 0.5) is 0 Å². The van der Waals surface area contributed by atoms with Gasteiger partial charge in [-0.3, -0.25) is 9.59 Å². The van der Waals surface area contributed by atoms with Gasteiger partial charge < -0.3 is 16.0 Å². The smallest absolute Gasteiger partial charge is 0.242 e. The number of carbonyl (C=O) groups excluding carboxylic acids is 2. The second-order valence-corrected chi connectivity index (χ2v) is 4.25. The highest BCUT2D eigenvalue weighted by Gasteiger charge is 2.25. The van der Waals surface area contributed by atoms with Gasteiger partial charge in [-0.1, -0.05) is 18.9 Å². The quantitative estimate of drug-likeness (QED) is 0.642. The van der Waals surface area contributed by atoms with E-state index in [2.05, 4.69) is 11.9 Å². The van der Waals surface area contributed by atoms with Crippen LogP contribution in [0.2, 0.25) is 0 Å². The van der Waals surface area contributed by atoms with Gasteiger partial charge in [0.25, 0.3) is 0 Å². The molecule has 0 spiro atoms. The molecule has 0 radical (unpaired) electrons. The van der Waals surface area contributed by atoms with E-state index in [0.717, 1.165) is 12.8 Å². The van der Waals surface area contributed by atoms with Gasteiger partial charge in [0.2, 0.25) is 11.8 Å². The number of rotatable bonds is 6. The van der Waals surface area contributed by atoms with Gasteiger partial charge in [-0.15, -0.1) is 6.58 Å². The van der Waals surface area contributed by atoms with Crippen LogP contribution in [0.3, 0.4) is 0 Å². The predicted molar refractivity (Wildman–Crippen MR) is 66.2 cm³/mol. The van der Waals surface area contributed by atoms with Gasteiger partial charge >= 0.3 is 0 Å². The SMILES string of the molecule is C=CCN(C(=O)CNC(=O)CN)C1CCCC1. The Morgan fingerprint density at radius 3 is 2.59 bits per heavy atom. The van der Waals surface area contributed by atoms with Crippen molar-refractivity contribution in [2.75, 3.05) is 19.6 Å². The zero-order valence-corrected chi connectivity index (χ0v) is 10.2. The fraction of sp³-hybridized carbons (Fsp3) is 0.667. The first-order valence-corrected chi connectivity index (χ1v) is 6.06. The number of hydrogen-bond donors (Lipinski definition) is 2. The normalized spacial score (nSPS) is 15.6. The monoisotopic (exact) mass is 239 g/mol. The summed E-state index contributed by atoms with van der Waals surface area (Å²) in [7, 11) is 0. The average molecular weight is 239 g/mol. The second-order valence-electron chi connectivity index (χ2n) is 4.25. The topological polar surface area (TPSA) is 75.4 Å². The lowest BCUT2D eigenvalue weighted by Crippen LogP contribution is -2.45. The van der Waals surface area contributed by atoms with Crippen molar-refractivity contribution in [1.82, 2.24) is 10.2 Å². The number of nitrogens with zero attached hydrogens (tertiary/aromatic N) is 1. The zero-order chi connectivity index (χ0) is 12.7. The van der Waals surface area contributed by atoms with Crippen LogP contribution >= 0.6 is 0 Å². The number of nitrogens with one attached hydrogen (secondary N) is 1. The Balaban J connectivity index is 2.47. The molecule has 1 aliphatic rings. The standard InChI is InChI=1S/C12H21N3O2/c1-2-7-15(10-5-3-4-6-10)12(17)9-14-11(16)8-13/h2,10H,1,3-9,13H2,(H,14,16). The molecule has 1 rings (SSSR count). The molecule has 0 aromatic carbocycles. The number of carbonyl (C=O) groups is 2. The van der Waals surface area contributed by atoms with Crippen molar-refractivity contribution in [3.8, 4) is 0 Å². The lowest BCUT2D eigenvalue weighted by molar-refractivity contribution is -0.134. The highest BCUT2D eigenvalue weighted by atomic mass is 16.2. The fourth-order valence-electron chi connectivity index (χ4n) is 2.16. The molecule has 0 bridgehead atoms. The molecule has 0 saturated heterocycles. The van der Waals surface area contributed by atoms with Crippen LogP contribution in [-0.2, 0) is 9.59 Å². The third-order valence-corrected chi connectivity index (χ3v) is 3.03. The molecular formula is C12H21N3O2. The lowest BCUT2D eigenvalue weighted by Gasteiger charge is -2.28. The fourth-order valence-corrected chi connectivity index (χ4v) is 2.16. The van der Waals surface area contributed by atoms with Gasteiger partial charge in [0, 0.05) is 12.6 Å². The van der Waals surface area contributed by atoms with Gasteiger partial charge in [-0.2, -0.15) is 0 Å². The van der Waals surface area contributed by atoms with Crippen LogP contribution in [0.1, 0.15) is 25.7 Å². The van der Waals surface area contributed by atoms with Crippen LogP contribution < -0.4 is 11.1 Å². The van der Waals surface area contributed by atoms with Crippen molar-refractivity contribution < 1.29 is 9.59 Å². The summed E-state index contributed by atoms with van der Waals surface area (Å²) in [5.41, 5.74) is 5.16. The molecule has 5 nitrogen and oxygen atoms in total. The van der Waals surface area contributed by atoms with Crippen molar-refractivity contribution in [1.29, 1.82) is 0 Å². The summed E-state index contributed by atoms with van der Waals surface area (Å²) in [6, 6.07) is 0.301. The van der Waals surface area contributed by atoms with E-state index in [1.165, 1.54) is 12.8 Å². The average Bonchev–Trinajstić information content (AvgIpc) is 2.86. The molecule has 0 unspecified atom stereocenters. The minimum atomic E-state index is -0.302. The number of hydrogen-bond acceptors (Lipinski definition) is 3. The van der Waals surface area contributed by atoms with Crippen molar-refractivity contribution in [3.05, 3.63) is 12.7 Å². The second kappa shape index (κ2) is 7.06. The van der Waals surface area contributed by atoms with E-state index < -0.39 is 0 Å². The summed E-state index contributed by atoms with van der Waals surface area (Å²) < 4.78 is 0. The van der Waals surface area contributed by atoms with E-state index in [1.807, 2.05) is 0 Å². The first-order chi connectivity index (χ1) is 8.19. The Hall–Kier alpha value is -1.36. The molecule has 5 heteroatoms. The molecule has 1 saturated carbocycles. The van der Waals surface area contributed by atoms with Crippen LogP contribution in [-0.4, -0.2) is 42.4 Å². The first kappa shape index (κ1) is 13.7. The molecule has 17 heavy (non-hydrogen) atoms. The molecule has 3 N–H and O–H groups in total. The van der Waals surface area contributed by atoms with Gasteiger partial charge in [0.15, 0.2) is 0 Å². The maximum atomic E-state index is 12.0. The van der Waals surface area contributed by atoms with Crippen LogP contribution in [0.15, 0.2) is 12.7 Å². The molecule has 0 aliphatic heterocycles. The molecule has 2 amide bonds. The van der Waals surface area contributed by atoms with Gasteiger partial charge in [0.1, 0.15) is 0 Å². The summed E-state index contributed by atoms with van der Waals surface area (Å²) in [6.45, 7) is 4.15. The largest absolute Gasteiger partial charge is 0.346 e. The molecule has 1 fully saturated rings. The molecular weight excluding hydrogens is 218 g/mol. The van der Waals surface area contributed by atoms with Crippen molar-refractivity contribution >= 4 is 11.8 Å². The van der Waals surface area contributed by atoms with E-state index in [9.17, 15) is 9.59 Å². The molecule has 0 heterocycles. The van der Waals surface area contributed by atoms with Crippen molar-refractivity contribution in [2.45, 2.75) is 31.7 Å².